The summed E-state index contributed by atoms with van der Waals surface area (Å²) in [5.41, 5.74) is 1.16. The molecule has 1 aromatic rings. The highest BCUT2D eigenvalue weighted by molar-refractivity contribution is 7.13. The number of nitro groups is 1. The van der Waals surface area contributed by atoms with Crippen molar-refractivity contribution in [1.29, 1.82) is 0 Å². The van der Waals surface area contributed by atoms with Gasteiger partial charge in [-0.3, -0.25) is 15.0 Å². The molecule has 0 bridgehead atoms. The smallest absolute Gasteiger partial charge is 0.314 e. The van der Waals surface area contributed by atoms with Gasteiger partial charge in [-0.15, -0.1) is 0 Å². The average Bonchev–Trinajstić information content (AvgIpc) is 2.84. The van der Waals surface area contributed by atoms with E-state index in [-0.39, 0.29) is 9.92 Å². The highest BCUT2D eigenvalue weighted by Gasteiger charge is 2.34. The second-order valence-corrected chi connectivity index (χ2v) is 6.29. The fraction of sp³-hybridized carbons (Fsp3) is 0.692. The normalized spacial score (nSPS) is 22.9. The Kier molecular flexibility index (Phi) is 3.81. The van der Waals surface area contributed by atoms with Gasteiger partial charge in [0.15, 0.2) is 0 Å². The molecule has 6 heteroatoms. The highest BCUT2D eigenvalue weighted by Crippen LogP contribution is 2.43. The first kappa shape index (κ1) is 13.0. The summed E-state index contributed by atoms with van der Waals surface area (Å²) in [6.45, 7) is 4.14. The van der Waals surface area contributed by atoms with Crippen LogP contribution in [0.15, 0.2) is 11.4 Å². The molecule has 2 aliphatic rings. The van der Waals surface area contributed by atoms with E-state index in [1.807, 2.05) is 5.38 Å². The van der Waals surface area contributed by atoms with Crippen molar-refractivity contribution in [2.45, 2.75) is 25.3 Å². The Balaban J connectivity index is 1.82. The second kappa shape index (κ2) is 5.56. The van der Waals surface area contributed by atoms with E-state index in [0.717, 1.165) is 31.7 Å². The van der Waals surface area contributed by atoms with E-state index in [2.05, 4.69) is 10.2 Å². The molecule has 2 fully saturated rings. The van der Waals surface area contributed by atoms with Gasteiger partial charge in [-0.05, 0) is 24.3 Å². The Morgan fingerprint density at radius 3 is 2.68 bits per heavy atom. The van der Waals surface area contributed by atoms with Crippen LogP contribution in [0.4, 0.5) is 5.00 Å². The minimum absolute atomic E-state index is 0.273. The van der Waals surface area contributed by atoms with E-state index in [4.69, 9.17) is 0 Å². The molecule has 0 aromatic carbocycles. The van der Waals surface area contributed by atoms with E-state index >= 15 is 0 Å². The topological polar surface area (TPSA) is 58.4 Å². The predicted molar refractivity (Wildman–Crippen MR) is 75.5 cm³/mol. The van der Waals surface area contributed by atoms with Crippen molar-refractivity contribution in [3.63, 3.8) is 0 Å². The van der Waals surface area contributed by atoms with E-state index in [1.165, 1.54) is 30.6 Å². The van der Waals surface area contributed by atoms with E-state index in [9.17, 15) is 10.1 Å². The lowest BCUT2D eigenvalue weighted by atomic mass is 9.77. The molecule has 0 amide bonds. The fourth-order valence-corrected chi connectivity index (χ4v) is 3.84. The number of hydrogen-bond donors (Lipinski definition) is 1. The van der Waals surface area contributed by atoms with Crippen LogP contribution in [-0.4, -0.2) is 36.0 Å². The fourth-order valence-electron chi connectivity index (χ4n) is 3.09. The molecule has 5 nitrogen and oxygen atoms in total. The number of nitrogens with one attached hydrogen (secondary N) is 1. The molecule has 1 N–H and O–H groups in total. The zero-order valence-electron chi connectivity index (χ0n) is 10.9. The molecule has 1 aliphatic carbocycles. The van der Waals surface area contributed by atoms with Crippen molar-refractivity contribution in [2.24, 2.45) is 5.92 Å². The van der Waals surface area contributed by atoms with Crippen LogP contribution in [-0.2, 0) is 0 Å². The van der Waals surface area contributed by atoms with Crippen molar-refractivity contribution in [3.05, 3.63) is 27.1 Å². The van der Waals surface area contributed by atoms with Gasteiger partial charge in [0.25, 0.3) is 0 Å². The van der Waals surface area contributed by atoms with E-state index in [1.54, 1.807) is 6.07 Å². The number of hydrogen-bond acceptors (Lipinski definition) is 5. The first-order valence-corrected chi connectivity index (χ1v) is 7.81. The van der Waals surface area contributed by atoms with Crippen molar-refractivity contribution in [1.82, 2.24) is 10.2 Å². The Hall–Kier alpha value is -0.980. The number of rotatable bonds is 4. The highest BCUT2D eigenvalue weighted by atomic mass is 32.1. The Morgan fingerprint density at radius 2 is 2.16 bits per heavy atom. The van der Waals surface area contributed by atoms with Gasteiger partial charge in [-0.2, -0.15) is 0 Å². The summed E-state index contributed by atoms with van der Waals surface area (Å²) in [6, 6.07) is 2.18. The number of piperazine rings is 1. The zero-order valence-corrected chi connectivity index (χ0v) is 11.7. The zero-order chi connectivity index (χ0) is 13.2. The molecule has 1 saturated carbocycles. The summed E-state index contributed by atoms with van der Waals surface area (Å²) in [5, 5.41) is 16.5. The molecule has 0 spiro atoms. The van der Waals surface area contributed by atoms with Gasteiger partial charge in [-0.25, -0.2) is 0 Å². The predicted octanol–water partition coefficient (Wildman–Crippen LogP) is 2.40. The third kappa shape index (κ3) is 2.66. The molecular formula is C13H19N3O2S. The van der Waals surface area contributed by atoms with Crippen LogP contribution in [0.25, 0.3) is 0 Å². The lowest BCUT2D eigenvalue weighted by Gasteiger charge is -2.42. The van der Waals surface area contributed by atoms with E-state index in [0.29, 0.717) is 12.0 Å². The van der Waals surface area contributed by atoms with Crippen LogP contribution < -0.4 is 5.32 Å². The molecular weight excluding hydrogens is 262 g/mol. The van der Waals surface area contributed by atoms with Gasteiger partial charge in [0, 0.05) is 43.7 Å². The first-order chi connectivity index (χ1) is 9.25. The number of nitrogens with zero attached hydrogens (tertiary/aromatic N) is 2. The van der Waals surface area contributed by atoms with Crippen LogP contribution in [0.2, 0.25) is 0 Å². The maximum Gasteiger partial charge on any atom is 0.324 e. The van der Waals surface area contributed by atoms with Gasteiger partial charge in [0.1, 0.15) is 0 Å². The van der Waals surface area contributed by atoms with Crippen molar-refractivity contribution in [3.8, 4) is 0 Å². The number of thiophene rings is 1. The van der Waals surface area contributed by atoms with Gasteiger partial charge in [0.05, 0.1) is 4.92 Å². The molecule has 1 atom stereocenters. The van der Waals surface area contributed by atoms with Crippen molar-refractivity contribution in [2.75, 3.05) is 26.2 Å². The van der Waals surface area contributed by atoms with Crippen LogP contribution in [0.5, 0.6) is 0 Å². The lowest BCUT2D eigenvalue weighted by molar-refractivity contribution is -0.380. The lowest BCUT2D eigenvalue weighted by Crippen LogP contribution is -2.47. The van der Waals surface area contributed by atoms with Crippen LogP contribution >= 0.6 is 11.3 Å². The molecule has 1 aliphatic heterocycles. The monoisotopic (exact) mass is 281 g/mol. The first-order valence-electron chi connectivity index (χ1n) is 6.93. The largest absolute Gasteiger partial charge is 0.324 e. The summed E-state index contributed by atoms with van der Waals surface area (Å²) >= 11 is 1.26. The Labute approximate surface area is 116 Å². The SMILES string of the molecule is O=[N+]([O-])c1cc([C@@H](C2CCC2)N2CCNCC2)cs1. The summed E-state index contributed by atoms with van der Waals surface area (Å²) < 4.78 is 0. The van der Waals surface area contributed by atoms with Crippen molar-refractivity contribution >= 4 is 16.3 Å². The summed E-state index contributed by atoms with van der Waals surface area (Å²) in [6.07, 6.45) is 3.83. The Bertz CT molecular complexity index is 452. The third-order valence-electron chi connectivity index (χ3n) is 4.27. The quantitative estimate of drug-likeness (QED) is 0.680. The molecule has 3 rings (SSSR count). The maximum atomic E-state index is 10.9. The molecule has 2 heterocycles. The van der Waals surface area contributed by atoms with Crippen molar-refractivity contribution < 1.29 is 4.92 Å². The second-order valence-electron chi connectivity index (χ2n) is 5.40. The molecule has 19 heavy (non-hydrogen) atoms. The minimum atomic E-state index is -0.274. The standard InChI is InChI=1S/C13H19N3O2S/c17-16(18)12-8-11(9-19-12)13(10-2-1-3-10)15-6-4-14-5-7-15/h8-10,13-14H,1-7H2/t13-/m1/s1. The molecule has 0 unspecified atom stereocenters. The molecule has 1 aromatic heterocycles. The summed E-state index contributed by atoms with van der Waals surface area (Å²) in [4.78, 5) is 13.1. The van der Waals surface area contributed by atoms with Crippen LogP contribution in [0, 0.1) is 16.0 Å². The van der Waals surface area contributed by atoms with Crippen LogP contribution in [0.1, 0.15) is 30.9 Å². The average molecular weight is 281 g/mol. The van der Waals surface area contributed by atoms with Gasteiger partial charge < -0.3 is 5.32 Å². The summed E-state index contributed by atoms with van der Waals surface area (Å²) in [7, 11) is 0. The van der Waals surface area contributed by atoms with Gasteiger partial charge in [0.2, 0.25) is 0 Å². The third-order valence-corrected chi connectivity index (χ3v) is 5.17. The molecule has 1 saturated heterocycles. The van der Waals surface area contributed by atoms with Crippen LogP contribution in [0.3, 0.4) is 0 Å². The van der Waals surface area contributed by atoms with Gasteiger partial charge >= 0.3 is 5.00 Å². The van der Waals surface area contributed by atoms with E-state index < -0.39 is 0 Å². The molecule has 104 valence electrons. The minimum Gasteiger partial charge on any atom is -0.314 e. The molecule has 0 radical (unpaired) electrons. The maximum absolute atomic E-state index is 10.9. The summed E-state index contributed by atoms with van der Waals surface area (Å²) in [5.74, 6) is 0.687. The van der Waals surface area contributed by atoms with Gasteiger partial charge in [-0.1, -0.05) is 17.8 Å². The Morgan fingerprint density at radius 1 is 1.42 bits per heavy atom.